The van der Waals surface area contributed by atoms with E-state index in [1.807, 2.05) is 0 Å². The number of rotatable bonds is 8. The lowest BCUT2D eigenvalue weighted by atomic mass is 10.2. The van der Waals surface area contributed by atoms with Gasteiger partial charge in [0.05, 0.1) is 19.0 Å². The minimum atomic E-state index is -3.68. The molecule has 1 aliphatic heterocycles. The molecule has 0 saturated heterocycles. The number of hydrogen-bond donors (Lipinski definition) is 2. The molecular formula is C24H26FN3O7S. The molecule has 0 radical (unpaired) electrons. The van der Waals surface area contributed by atoms with Crippen LogP contribution >= 0.6 is 0 Å². The summed E-state index contributed by atoms with van der Waals surface area (Å²) in [5.41, 5.74) is 0.935. The van der Waals surface area contributed by atoms with Gasteiger partial charge in [0.15, 0.2) is 27.2 Å². The molecular weight excluding hydrogens is 493 g/mol. The molecule has 1 amide bonds. The van der Waals surface area contributed by atoms with Crippen LogP contribution in [0.1, 0.15) is 29.4 Å². The number of aryl methyl sites for hydroxylation is 1. The van der Waals surface area contributed by atoms with E-state index < -0.39 is 21.6 Å². The summed E-state index contributed by atoms with van der Waals surface area (Å²) in [5.74, 6) is -1.06. The van der Waals surface area contributed by atoms with Crippen LogP contribution < -0.4 is 19.5 Å². The number of H-pyrrole nitrogens is 1. The number of carbonyl (C=O) groups is 1. The summed E-state index contributed by atoms with van der Waals surface area (Å²) in [7, 11) is -2.14. The first kappa shape index (κ1) is 25.5. The number of halogens is 1. The predicted octanol–water partition coefficient (Wildman–Crippen LogP) is 3.87. The van der Waals surface area contributed by atoms with Crippen LogP contribution in [0.25, 0.3) is 0 Å². The van der Waals surface area contributed by atoms with Gasteiger partial charge in [0.2, 0.25) is 0 Å². The lowest BCUT2D eigenvalue weighted by Crippen LogP contribution is -2.18. The van der Waals surface area contributed by atoms with Crippen LogP contribution in [-0.4, -0.2) is 56.7 Å². The zero-order chi connectivity index (χ0) is 25.9. The van der Waals surface area contributed by atoms with Crippen molar-refractivity contribution >= 4 is 21.6 Å². The molecule has 1 atom stereocenters. The van der Waals surface area contributed by atoms with Gasteiger partial charge in [-0.05, 0) is 32.4 Å². The second kappa shape index (κ2) is 10.5. The van der Waals surface area contributed by atoms with Crippen LogP contribution in [0, 0.1) is 12.7 Å². The highest BCUT2D eigenvalue weighted by Crippen LogP contribution is 2.37. The summed E-state index contributed by atoms with van der Waals surface area (Å²) in [5, 5.41) is 9.39. The third kappa shape index (κ3) is 5.94. The Balaban J connectivity index is 1.67. The highest BCUT2D eigenvalue weighted by atomic mass is 32.2. The molecule has 0 spiro atoms. The Bertz CT molecular complexity index is 1370. The number of aromatic amines is 1. The number of aromatic nitrogens is 2. The van der Waals surface area contributed by atoms with Crippen LogP contribution in [0.3, 0.4) is 0 Å². The lowest BCUT2D eigenvalue weighted by Gasteiger charge is -2.17. The zero-order valence-corrected chi connectivity index (χ0v) is 20.8. The smallest absolute Gasteiger partial charge is 0.257 e. The second-order valence-corrected chi connectivity index (χ2v) is 10.4. The maximum Gasteiger partial charge on any atom is 0.257 e. The summed E-state index contributed by atoms with van der Waals surface area (Å²) in [6.07, 6.45) is -0.0556. The molecule has 36 heavy (non-hydrogen) atoms. The number of carbonyl (C=O) groups excluding carboxylic acids is 1. The van der Waals surface area contributed by atoms with Gasteiger partial charge < -0.3 is 24.3 Å². The first-order chi connectivity index (χ1) is 17.1. The van der Waals surface area contributed by atoms with E-state index in [4.69, 9.17) is 18.9 Å². The Hall–Kier alpha value is -3.64. The number of benzene rings is 2. The molecule has 12 heteroatoms. The number of hydrogen-bond acceptors (Lipinski definition) is 8. The molecule has 0 saturated carbocycles. The Labute approximate surface area is 207 Å². The van der Waals surface area contributed by atoms with Crippen LogP contribution in [0.2, 0.25) is 0 Å². The van der Waals surface area contributed by atoms with Gasteiger partial charge in [-0.3, -0.25) is 9.89 Å². The summed E-state index contributed by atoms with van der Waals surface area (Å²) in [4.78, 5) is 12.7. The quantitative estimate of drug-likeness (QED) is 0.459. The molecule has 3 aromatic rings. The number of nitrogens with zero attached hydrogens (tertiary/aromatic N) is 1. The van der Waals surface area contributed by atoms with Crippen molar-refractivity contribution in [1.29, 1.82) is 0 Å². The Morgan fingerprint density at radius 3 is 2.72 bits per heavy atom. The molecule has 0 aliphatic carbocycles. The number of methoxy groups -OCH3 is 1. The van der Waals surface area contributed by atoms with E-state index in [-0.39, 0.29) is 51.9 Å². The summed E-state index contributed by atoms with van der Waals surface area (Å²) in [6, 6.07) is 8.16. The van der Waals surface area contributed by atoms with Gasteiger partial charge in [-0.15, -0.1) is 0 Å². The normalized spacial score (nSPS) is 15.2. The third-order valence-electron chi connectivity index (χ3n) is 5.20. The second-order valence-electron chi connectivity index (χ2n) is 8.32. The van der Waals surface area contributed by atoms with Crippen molar-refractivity contribution < 1.29 is 36.6 Å². The first-order valence-corrected chi connectivity index (χ1v) is 12.8. The minimum Gasteiger partial charge on any atom is -0.492 e. The van der Waals surface area contributed by atoms with Gasteiger partial charge in [0.1, 0.15) is 28.2 Å². The molecule has 2 N–H and O–H groups in total. The fraction of sp³-hybridized carbons (Fsp3) is 0.333. The maximum atomic E-state index is 14.9. The lowest BCUT2D eigenvalue weighted by molar-refractivity contribution is 0.0915. The van der Waals surface area contributed by atoms with E-state index in [0.29, 0.717) is 18.8 Å². The SMILES string of the molecule is COC[C@H](C)Oc1cc(Oc2cc3c(cc2F)S(=O)(=O)CCCO3)cc(C(=O)Nc2cc(C)[nH]n2)c1. The van der Waals surface area contributed by atoms with Crippen LogP contribution in [-0.2, 0) is 14.6 Å². The van der Waals surface area contributed by atoms with Gasteiger partial charge in [-0.25, -0.2) is 12.8 Å². The van der Waals surface area contributed by atoms with Gasteiger partial charge in [-0.1, -0.05) is 0 Å². The van der Waals surface area contributed by atoms with Gasteiger partial charge in [0.25, 0.3) is 5.91 Å². The maximum absolute atomic E-state index is 14.9. The molecule has 0 fully saturated rings. The molecule has 2 heterocycles. The van der Waals surface area contributed by atoms with E-state index in [0.717, 1.165) is 11.8 Å². The van der Waals surface area contributed by atoms with E-state index in [9.17, 15) is 17.6 Å². The van der Waals surface area contributed by atoms with E-state index in [2.05, 4.69) is 15.5 Å². The first-order valence-electron chi connectivity index (χ1n) is 11.2. The standard InChI is InChI=1S/C24H26FN3O7S/c1-14-7-23(28-27-14)26-24(29)16-8-17(34-15(2)13-32-3)10-18(9-16)35-20-12-21-22(11-19(20)25)36(30,31)6-4-5-33-21/h7-12,15H,4-6,13H2,1-3H3,(H2,26,27,28,29)/t15-/m0/s1. The molecule has 2 aromatic carbocycles. The Kier molecular flexibility index (Phi) is 7.45. The highest BCUT2D eigenvalue weighted by molar-refractivity contribution is 7.91. The summed E-state index contributed by atoms with van der Waals surface area (Å²) >= 11 is 0. The molecule has 10 nitrogen and oxygen atoms in total. The van der Waals surface area contributed by atoms with E-state index in [1.165, 1.54) is 31.4 Å². The van der Waals surface area contributed by atoms with E-state index in [1.54, 1.807) is 19.9 Å². The van der Waals surface area contributed by atoms with E-state index >= 15 is 0 Å². The fourth-order valence-corrected chi connectivity index (χ4v) is 5.05. The van der Waals surface area contributed by atoms with Crippen molar-refractivity contribution in [3.8, 4) is 23.0 Å². The summed E-state index contributed by atoms with van der Waals surface area (Å²) < 4.78 is 62.0. The van der Waals surface area contributed by atoms with Crippen LogP contribution in [0.5, 0.6) is 23.0 Å². The average molecular weight is 520 g/mol. The summed E-state index contributed by atoms with van der Waals surface area (Å²) in [6.45, 7) is 4.05. The van der Waals surface area contributed by atoms with Gasteiger partial charge in [0, 0.05) is 42.6 Å². The predicted molar refractivity (Wildman–Crippen MR) is 128 cm³/mol. The number of fused-ring (bicyclic) bond motifs is 1. The van der Waals surface area contributed by atoms with Crippen molar-refractivity contribution in [3.05, 3.63) is 53.5 Å². The zero-order valence-electron chi connectivity index (χ0n) is 20.0. The number of nitrogens with one attached hydrogen (secondary N) is 2. The topological polar surface area (TPSA) is 129 Å². The number of sulfone groups is 1. The third-order valence-corrected chi connectivity index (χ3v) is 7.02. The molecule has 1 aliphatic rings. The molecule has 192 valence electrons. The highest BCUT2D eigenvalue weighted by Gasteiger charge is 2.26. The van der Waals surface area contributed by atoms with Crippen molar-refractivity contribution in [2.45, 2.75) is 31.3 Å². The van der Waals surface area contributed by atoms with Crippen molar-refractivity contribution in [3.63, 3.8) is 0 Å². The Morgan fingerprint density at radius 2 is 2.00 bits per heavy atom. The largest absolute Gasteiger partial charge is 0.492 e. The van der Waals surface area contributed by atoms with Gasteiger partial charge in [-0.2, -0.15) is 5.10 Å². The molecule has 0 bridgehead atoms. The van der Waals surface area contributed by atoms with Crippen molar-refractivity contribution in [1.82, 2.24) is 10.2 Å². The molecule has 4 rings (SSSR count). The van der Waals surface area contributed by atoms with Crippen molar-refractivity contribution in [2.24, 2.45) is 0 Å². The monoisotopic (exact) mass is 519 g/mol. The minimum absolute atomic E-state index is 0.0110. The molecule has 0 unspecified atom stereocenters. The van der Waals surface area contributed by atoms with Gasteiger partial charge >= 0.3 is 0 Å². The Morgan fingerprint density at radius 1 is 1.22 bits per heavy atom. The average Bonchev–Trinajstić information content (AvgIpc) is 3.16. The number of ether oxygens (including phenoxy) is 4. The number of amides is 1. The van der Waals surface area contributed by atoms with Crippen LogP contribution in [0.15, 0.2) is 41.3 Å². The van der Waals surface area contributed by atoms with Crippen molar-refractivity contribution in [2.75, 3.05) is 31.4 Å². The molecule has 1 aromatic heterocycles. The van der Waals surface area contributed by atoms with Crippen LogP contribution in [0.4, 0.5) is 10.2 Å². The fourth-order valence-electron chi connectivity index (χ4n) is 3.62. The number of anilines is 1.